The van der Waals surface area contributed by atoms with E-state index in [9.17, 15) is 0 Å². The molecule has 2 nitrogen and oxygen atoms in total. The summed E-state index contributed by atoms with van der Waals surface area (Å²) in [6.07, 6.45) is 1.59. The topological polar surface area (TPSA) is 36.9 Å². The van der Waals surface area contributed by atoms with Crippen LogP contribution in [0.3, 0.4) is 0 Å². The summed E-state index contributed by atoms with van der Waals surface area (Å²) >= 11 is 0. The van der Waals surface area contributed by atoms with E-state index in [0.29, 0.717) is 5.76 Å². The molecule has 0 aliphatic rings. The van der Waals surface area contributed by atoms with E-state index in [4.69, 9.17) is 9.68 Å². The maximum absolute atomic E-state index is 8.58. The van der Waals surface area contributed by atoms with Crippen molar-refractivity contribution < 1.29 is 4.42 Å². The van der Waals surface area contributed by atoms with Gasteiger partial charge in [-0.2, -0.15) is 5.26 Å². The van der Waals surface area contributed by atoms with Crippen LogP contribution < -0.4 is 0 Å². The molecule has 1 heterocycles. The van der Waals surface area contributed by atoms with Crippen molar-refractivity contribution in [1.82, 2.24) is 0 Å². The Balaban J connectivity index is 0.000000720. The molecule has 0 aliphatic carbocycles. The Morgan fingerprint density at radius 1 is 1.25 bits per heavy atom. The summed E-state index contributed by atoms with van der Waals surface area (Å²) < 4.78 is 5.00. The average molecular weight is 224 g/mol. The predicted molar refractivity (Wildman–Crippen MR) is 51.3 cm³/mol. The van der Waals surface area contributed by atoms with E-state index in [-0.39, 0.29) is 17.0 Å². The largest absolute Gasteiger partial charge is 0.453 e. The number of benzene rings is 1. The predicted octanol–water partition coefficient (Wildman–Crippen LogP) is 2.88. The van der Waals surface area contributed by atoms with Crippen molar-refractivity contribution in [3.63, 3.8) is 0 Å². The Bertz CT molecular complexity index is 427. The summed E-state index contributed by atoms with van der Waals surface area (Å²) in [6, 6.07) is 9.58. The monoisotopic (exact) mass is 223 g/mol. The molecule has 0 bridgehead atoms. The minimum atomic E-state index is 0. The number of hydrogen-bond donors (Lipinski definition) is 0. The Hall–Kier alpha value is -1.27. The molecule has 12 heavy (non-hydrogen) atoms. The van der Waals surface area contributed by atoms with Gasteiger partial charge in [-0.3, -0.25) is 0 Å². The van der Waals surface area contributed by atoms with Crippen LogP contribution in [0.2, 0.25) is 0 Å². The third kappa shape index (κ3) is 1.21. The molecule has 0 N–H and O–H groups in total. The first kappa shape index (κ1) is 8.82. The lowest BCUT2D eigenvalue weighted by atomic mass is 10.2. The molecule has 0 unspecified atom stereocenters. The van der Waals surface area contributed by atoms with Crippen LogP contribution in [-0.4, -0.2) is 0 Å². The van der Waals surface area contributed by atoms with E-state index in [0.717, 1.165) is 10.8 Å². The molecule has 0 amide bonds. The molecule has 0 atom stereocenters. The SMILES string of the molecule is Br.N#Cc1occ2ccccc12. The van der Waals surface area contributed by atoms with Crippen LogP contribution in [0.5, 0.6) is 0 Å². The van der Waals surface area contributed by atoms with Crippen LogP contribution in [0.25, 0.3) is 10.8 Å². The van der Waals surface area contributed by atoms with Gasteiger partial charge >= 0.3 is 0 Å². The molecule has 1 aromatic carbocycles. The van der Waals surface area contributed by atoms with Crippen molar-refractivity contribution in [2.24, 2.45) is 0 Å². The second-order valence-electron chi connectivity index (χ2n) is 2.26. The number of nitrogens with zero attached hydrogens (tertiary/aromatic N) is 1. The van der Waals surface area contributed by atoms with Crippen LogP contribution in [-0.2, 0) is 0 Å². The zero-order valence-electron chi connectivity index (χ0n) is 6.15. The molecule has 0 spiro atoms. The van der Waals surface area contributed by atoms with Gasteiger partial charge in [0.1, 0.15) is 12.3 Å². The summed E-state index contributed by atoms with van der Waals surface area (Å²) in [7, 11) is 0. The van der Waals surface area contributed by atoms with E-state index in [1.54, 1.807) is 6.26 Å². The van der Waals surface area contributed by atoms with Gasteiger partial charge in [0.15, 0.2) is 0 Å². The number of fused-ring (bicyclic) bond motifs is 1. The highest BCUT2D eigenvalue weighted by molar-refractivity contribution is 8.93. The van der Waals surface area contributed by atoms with E-state index < -0.39 is 0 Å². The number of halogens is 1. The Labute approximate surface area is 80.2 Å². The van der Waals surface area contributed by atoms with Crippen molar-refractivity contribution >= 4 is 27.8 Å². The van der Waals surface area contributed by atoms with Crippen molar-refractivity contribution in [1.29, 1.82) is 5.26 Å². The number of nitriles is 1. The first-order valence-electron chi connectivity index (χ1n) is 3.28. The van der Waals surface area contributed by atoms with Gasteiger partial charge in [-0.25, -0.2) is 0 Å². The van der Waals surface area contributed by atoms with Crippen LogP contribution in [0.15, 0.2) is 34.9 Å². The third-order valence-corrected chi connectivity index (χ3v) is 1.61. The van der Waals surface area contributed by atoms with Gasteiger partial charge in [0.2, 0.25) is 5.76 Å². The summed E-state index contributed by atoms with van der Waals surface area (Å²) in [5.41, 5.74) is 0. The molecule has 60 valence electrons. The molecule has 2 aromatic rings. The number of rotatable bonds is 0. The minimum Gasteiger partial charge on any atom is -0.453 e. The number of hydrogen-bond acceptors (Lipinski definition) is 2. The first-order chi connectivity index (χ1) is 5.42. The minimum absolute atomic E-state index is 0. The molecule has 0 fully saturated rings. The highest BCUT2D eigenvalue weighted by Crippen LogP contribution is 2.18. The molecule has 0 radical (unpaired) electrons. The molecule has 0 saturated carbocycles. The molecule has 2 rings (SSSR count). The van der Waals surface area contributed by atoms with Crippen molar-refractivity contribution in [3.8, 4) is 6.07 Å². The Morgan fingerprint density at radius 3 is 2.75 bits per heavy atom. The summed E-state index contributed by atoms with van der Waals surface area (Å²) in [5, 5.41) is 10.4. The zero-order valence-corrected chi connectivity index (χ0v) is 7.86. The fraction of sp³-hybridized carbons (Fsp3) is 0. The fourth-order valence-electron chi connectivity index (χ4n) is 1.08. The zero-order chi connectivity index (χ0) is 7.68. The summed E-state index contributed by atoms with van der Waals surface area (Å²) in [6.45, 7) is 0. The van der Waals surface area contributed by atoms with Crippen LogP contribution in [0, 0.1) is 11.3 Å². The Morgan fingerprint density at radius 2 is 2.00 bits per heavy atom. The van der Waals surface area contributed by atoms with E-state index in [2.05, 4.69) is 0 Å². The van der Waals surface area contributed by atoms with E-state index in [1.807, 2.05) is 30.3 Å². The van der Waals surface area contributed by atoms with Gasteiger partial charge in [0, 0.05) is 10.8 Å². The van der Waals surface area contributed by atoms with Gasteiger partial charge in [0.05, 0.1) is 0 Å². The normalized spacial score (nSPS) is 8.92. The summed E-state index contributed by atoms with van der Waals surface area (Å²) in [4.78, 5) is 0. The molecule has 3 heteroatoms. The second kappa shape index (κ2) is 3.42. The van der Waals surface area contributed by atoms with Crippen LogP contribution in [0.4, 0.5) is 0 Å². The van der Waals surface area contributed by atoms with Crippen LogP contribution >= 0.6 is 17.0 Å². The highest BCUT2D eigenvalue weighted by Gasteiger charge is 2.01. The lowest BCUT2D eigenvalue weighted by Crippen LogP contribution is -1.66. The van der Waals surface area contributed by atoms with Crippen molar-refractivity contribution in [2.45, 2.75) is 0 Å². The Kier molecular flexibility index (Phi) is 2.51. The standard InChI is InChI=1S/C9H5NO.BrH/c10-5-9-8-4-2-1-3-7(8)6-11-9;/h1-4,6H;1H. The maximum atomic E-state index is 8.58. The van der Waals surface area contributed by atoms with Gasteiger partial charge in [-0.15, -0.1) is 17.0 Å². The van der Waals surface area contributed by atoms with Crippen molar-refractivity contribution in [3.05, 3.63) is 36.3 Å². The van der Waals surface area contributed by atoms with Gasteiger partial charge in [0.25, 0.3) is 0 Å². The van der Waals surface area contributed by atoms with E-state index in [1.165, 1.54) is 0 Å². The van der Waals surface area contributed by atoms with Crippen molar-refractivity contribution in [2.75, 3.05) is 0 Å². The molecular weight excluding hydrogens is 218 g/mol. The van der Waals surface area contributed by atoms with Gasteiger partial charge in [-0.1, -0.05) is 18.2 Å². The smallest absolute Gasteiger partial charge is 0.211 e. The molecule has 1 aromatic heterocycles. The summed E-state index contributed by atoms with van der Waals surface area (Å²) in [5.74, 6) is 0.389. The van der Waals surface area contributed by atoms with Crippen LogP contribution in [0.1, 0.15) is 5.76 Å². The first-order valence-corrected chi connectivity index (χ1v) is 3.28. The average Bonchev–Trinajstić information content (AvgIpc) is 2.47. The second-order valence-corrected chi connectivity index (χ2v) is 2.26. The lowest BCUT2D eigenvalue weighted by molar-refractivity contribution is 0.558. The lowest BCUT2D eigenvalue weighted by Gasteiger charge is -1.83. The number of furan rings is 1. The molecule has 0 saturated heterocycles. The fourth-order valence-corrected chi connectivity index (χ4v) is 1.08. The molecule has 0 aliphatic heterocycles. The third-order valence-electron chi connectivity index (χ3n) is 1.61. The van der Waals surface area contributed by atoms with Gasteiger partial charge in [-0.05, 0) is 6.07 Å². The maximum Gasteiger partial charge on any atom is 0.211 e. The van der Waals surface area contributed by atoms with E-state index >= 15 is 0 Å². The highest BCUT2D eigenvalue weighted by atomic mass is 79.9. The van der Waals surface area contributed by atoms with Gasteiger partial charge < -0.3 is 4.42 Å². The molecular formula is C9H6BrNO. The quantitative estimate of drug-likeness (QED) is 0.689.